The SMILES string of the molecule is CCc1c(C(F)CC)cccc1[C@@H](C)N. The molecule has 15 heavy (non-hydrogen) atoms. The number of halogens is 1. The van der Waals surface area contributed by atoms with Gasteiger partial charge in [-0.2, -0.15) is 0 Å². The molecule has 0 aliphatic heterocycles. The maximum Gasteiger partial charge on any atom is 0.125 e. The van der Waals surface area contributed by atoms with Gasteiger partial charge in [-0.3, -0.25) is 0 Å². The minimum atomic E-state index is -0.862. The normalized spacial score (nSPS) is 15.0. The van der Waals surface area contributed by atoms with E-state index in [0.29, 0.717) is 6.42 Å². The van der Waals surface area contributed by atoms with Crippen molar-refractivity contribution in [1.82, 2.24) is 0 Å². The van der Waals surface area contributed by atoms with E-state index in [1.807, 2.05) is 39.0 Å². The van der Waals surface area contributed by atoms with E-state index in [2.05, 4.69) is 0 Å². The van der Waals surface area contributed by atoms with Crippen molar-refractivity contribution in [2.45, 2.75) is 45.8 Å². The van der Waals surface area contributed by atoms with Crippen molar-refractivity contribution in [3.8, 4) is 0 Å². The molecular weight excluding hydrogens is 189 g/mol. The van der Waals surface area contributed by atoms with E-state index in [4.69, 9.17) is 5.73 Å². The summed E-state index contributed by atoms with van der Waals surface area (Å²) in [5.41, 5.74) is 8.85. The van der Waals surface area contributed by atoms with Crippen LogP contribution in [0.25, 0.3) is 0 Å². The summed E-state index contributed by atoms with van der Waals surface area (Å²) in [6, 6.07) is 5.74. The van der Waals surface area contributed by atoms with Crippen molar-refractivity contribution < 1.29 is 4.39 Å². The molecule has 0 heterocycles. The first kappa shape index (κ1) is 12.2. The number of benzene rings is 1. The zero-order chi connectivity index (χ0) is 11.4. The molecule has 0 aromatic heterocycles. The van der Waals surface area contributed by atoms with E-state index >= 15 is 0 Å². The number of hydrogen-bond acceptors (Lipinski definition) is 1. The van der Waals surface area contributed by atoms with Gasteiger partial charge in [0.1, 0.15) is 6.17 Å². The summed E-state index contributed by atoms with van der Waals surface area (Å²) in [4.78, 5) is 0. The monoisotopic (exact) mass is 209 g/mol. The van der Waals surface area contributed by atoms with Crippen LogP contribution in [0.2, 0.25) is 0 Å². The van der Waals surface area contributed by atoms with E-state index in [9.17, 15) is 4.39 Å². The van der Waals surface area contributed by atoms with Gasteiger partial charge >= 0.3 is 0 Å². The third kappa shape index (κ3) is 2.57. The Hall–Kier alpha value is -0.890. The van der Waals surface area contributed by atoms with Crippen LogP contribution in [0.15, 0.2) is 18.2 Å². The lowest BCUT2D eigenvalue weighted by Gasteiger charge is -2.17. The summed E-state index contributed by atoms with van der Waals surface area (Å²) in [7, 11) is 0. The van der Waals surface area contributed by atoms with Crippen LogP contribution in [0, 0.1) is 0 Å². The van der Waals surface area contributed by atoms with Gasteiger partial charge in [0.15, 0.2) is 0 Å². The second-order valence-electron chi connectivity index (χ2n) is 3.93. The van der Waals surface area contributed by atoms with Crippen LogP contribution < -0.4 is 5.73 Å². The molecule has 0 saturated carbocycles. The molecule has 0 bridgehead atoms. The molecule has 0 saturated heterocycles. The van der Waals surface area contributed by atoms with Crippen molar-refractivity contribution in [2.75, 3.05) is 0 Å². The van der Waals surface area contributed by atoms with Crippen LogP contribution in [-0.4, -0.2) is 0 Å². The summed E-state index contributed by atoms with van der Waals surface area (Å²) >= 11 is 0. The second-order valence-corrected chi connectivity index (χ2v) is 3.93. The maximum absolute atomic E-state index is 13.7. The van der Waals surface area contributed by atoms with Gasteiger partial charge in [-0.25, -0.2) is 4.39 Å². The second kappa shape index (κ2) is 5.26. The van der Waals surface area contributed by atoms with Crippen molar-refractivity contribution >= 4 is 0 Å². The predicted octanol–water partition coefficient (Wildman–Crippen LogP) is 3.69. The van der Waals surface area contributed by atoms with Gasteiger partial charge in [0.05, 0.1) is 0 Å². The molecule has 0 radical (unpaired) electrons. The number of rotatable bonds is 4. The molecule has 0 spiro atoms. The molecule has 1 rings (SSSR count). The summed E-state index contributed by atoms with van der Waals surface area (Å²) in [5, 5.41) is 0. The molecule has 0 fully saturated rings. The molecule has 84 valence electrons. The first-order chi connectivity index (χ1) is 7.11. The molecule has 1 nitrogen and oxygen atoms in total. The molecule has 0 aliphatic carbocycles. The van der Waals surface area contributed by atoms with Crippen molar-refractivity contribution in [1.29, 1.82) is 0 Å². The fourth-order valence-corrected chi connectivity index (χ4v) is 1.97. The van der Waals surface area contributed by atoms with Crippen molar-refractivity contribution in [2.24, 2.45) is 5.73 Å². The maximum atomic E-state index is 13.7. The standard InChI is InChI=1S/C13H20FN/c1-4-10-11(9(3)15)7-6-8-12(10)13(14)5-2/h6-9,13H,4-5,15H2,1-3H3/t9-,13?/m1/s1. The molecule has 2 atom stereocenters. The van der Waals surface area contributed by atoms with Crippen LogP contribution in [0.1, 0.15) is 56.1 Å². The Labute approximate surface area is 91.5 Å². The quantitative estimate of drug-likeness (QED) is 0.804. The smallest absolute Gasteiger partial charge is 0.125 e. The highest BCUT2D eigenvalue weighted by atomic mass is 19.1. The third-order valence-corrected chi connectivity index (χ3v) is 2.79. The summed E-state index contributed by atoms with van der Waals surface area (Å²) in [6.45, 7) is 5.85. The molecule has 1 unspecified atom stereocenters. The number of alkyl halides is 1. The average Bonchev–Trinajstić information content (AvgIpc) is 2.26. The Balaban J connectivity index is 3.22. The molecule has 2 heteroatoms. The largest absolute Gasteiger partial charge is 0.324 e. The average molecular weight is 209 g/mol. The third-order valence-electron chi connectivity index (χ3n) is 2.79. The van der Waals surface area contributed by atoms with Gasteiger partial charge in [-0.15, -0.1) is 0 Å². The Morgan fingerprint density at radius 2 is 1.87 bits per heavy atom. The van der Waals surface area contributed by atoms with E-state index < -0.39 is 6.17 Å². The van der Waals surface area contributed by atoms with Crippen molar-refractivity contribution in [3.05, 3.63) is 34.9 Å². The molecule has 1 aromatic carbocycles. The zero-order valence-corrected chi connectivity index (χ0v) is 9.76. The predicted molar refractivity (Wildman–Crippen MR) is 62.6 cm³/mol. The summed E-state index contributed by atoms with van der Waals surface area (Å²) in [5.74, 6) is 0. The van der Waals surface area contributed by atoms with Gasteiger partial charge in [-0.05, 0) is 36.5 Å². The van der Waals surface area contributed by atoms with Gasteiger partial charge in [0, 0.05) is 6.04 Å². The highest BCUT2D eigenvalue weighted by Crippen LogP contribution is 2.29. The minimum absolute atomic E-state index is 0.0241. The van der Waals surface area contributed by atoms with Crippen LogP contribution in [0.3, 0.4) is 0 Å². The lowest BCUT2D eigenvalue weighted by Crippen LogP contribution is -2.10. The lowest BCUT2D eigenvalue weighted by molar-refractivity contribution is 0.332. The summed E-state index contributed by atoms with van der Waals surface area (Å²) in [6.07, 6.45) is 0.502. The zero-order valence-electron chi connectivity index (χ0n) is 9.76. The Bertz CT molecular complexity index is 320. The molecule has 0 amide bonds. The molecule has 1 aromatic rings. The van der Waals surface area contributed by atoms with E-state index in [-0.39, 0.29) is 6.04 Å². The van der Waals surface area contributed by atoms with E-state index in [1.165, 1.54) is 0 Å². The van der Waals surface area contributed by atoms with Crippen LogP contribution in [-0.2, 0) is 6.42 Å². The number of hydrogen-bond donors (Lipinski definition) is 1. The van der Waals surface area contributed by atoms with Gasteiger partial charge in [0.25, 0.3) is 0 Å². The first-order valence-corrected chi connectivity index (χ1v) is 5.63. The van der Waals surface area contributed by atoms with E-state index in [0.717, 1.165) is 23.1 Å². The Morgan fingerprint density at radius 1 is 1.27 bits per heavy atom. The highest BCUT2D eigenvalue weighted by molar-refractivity contribution is 5.38. The molecular formula is C13H20FN. The van der Waals surface area contributed by atoms with Crippen molar-refractivity contribution in [3.63, 3.8) is 0 Å². The van der Waals surface area contributed by atoms with Gasteiger partial charge < -0.3 is 5.73 Å². The van der Waals surface area contributed by atoms with Crippen LogP contribution in [0.4, 0.5) is 4.39 Å². The highest BCUT2D eigenvalue weighted by Gasteiger charge is 2.15. The minimum Gasteiger partial charge on any atom is -0.324 e. The fraction of sp³-hybridized carbons (Fsp3) is 0.538. The first-order valence-electron chi connectivity index (χ1n) is 5.63. The molecule has 0 aliphatic rings. The fourth-order valence-electron chi connectivity index (χ4n) is 1.97. The summed E-state index contributed by atoms with van der Waals surface area (Å²) < 4.78 is 13.7. The Morgan fingerprint density at radius 3 is 2.33 bits per heavy atom. The topological polar surface area (TPSA) is 26.0 Å². The Kier molecular flexibility index (Phi) is 4.28. The van der Waals surface area contributed by atoms with Crippen LogP contribution >= 0.6 is 0 Å². The van der Waals surface area contributed by atoms with Gasteiger partial charge in [-0.1, -0.05) is 32.0 Å². The van der Waals surface area contributed by atoms with Gasteiger partial charge in [0.2, 0.25) is 0 Å². The van der Waals surface area contributed by atoms with E-state index in [1.54, 1.807) is 0 Å². The lowest BCUT2D eigenvalue weighted by atomic mass is 9.92. The number of nitrogens with two attached hydrogens (primary N) is 1. The molecule has 2 N–H and O–H groups in total. The van der Waals surface area contributed by atoms with Crippen LogP contribution in [0.5, 0.6) is 0 Å².